The van der Waals surface area contributed by atoms with Gasteiger partial charge in [-0.05, 0) is 58.8 Å². The van der Waals surface area contributed by atoms with Crippen LogP contribution in [0.1, 0.15) is 74.1 Å². The molecule has 41 heavy (non-hydrogen) atoms. The summed E-state index contributed by atoms with van der Waals surface area (Å²) in [6.45, 7) is 16.4. The van der Waals surface area contributed by atoms with Gasteiger partial charge in [0.05, 0.1) is 12.6 Å². The maximum atomic E-state index is 13.7. The first-order valence-corrected chi connectivity index (χ1v) is 14.0. The highest BCUT2D eigenvalue weighted by atomic mass is 16.6. The molecule has 0 aromatic rings. The lowest BCUT2D eigenvalue weighted by atomic mass is 9.85. The zero-order valence-corrected chi connectivity index (χ0v) is 25.5. The zero-order chi connectivity index (χ0) is 31.4. The van der Waals surface area contributed by atoms with Crippen molar-refractivity contribution in [2.45, 2.75) is 104 Å². The highest BCUT2D eigenvalue weighted by molar-refractivity contribution is 5.93. The van der Waals surface area contributed by atoms with Crippen LogP contribution in [-0.2, 0) is 28.7 Å². The van der Waals surface area contributed by atoms with E-state index in [1.54, 1.807) is 54.5 Å². The van der Waals surface area contributed by atoms with Crippen molar-refractivity contribution in [3.05, 3.63) is 24.8 Å². The van der Waals surface area contributed by atoms with E-state index >= 15 is 0 Å². The van der Waals surface area contributed by atoms with Crippen LogP contribution in [0.3, 0.4) is 0 Å². The van der Waals surface area contributed by atoms with Crippen molar-refractivity contribution >= 4 is 29.8 Å². The fourth-order valence-electron chi connectivity index (χ4n) is 4.22. The van der Waals surface area contributed by atoms with E-state index in [4.69, 9.17) is 9.47 Å². The molecule has 4 atom stereocenters. The van der Waals surface area contributed by atoms with Gasteiger partial charge in [-0.2, -0.15) is 0 Å². The van der Waals surface area contributed by atoms with Gasteiger partial charge in [-0.3, -0.25) is 14.4 Å². The Kier molecular flexibility index (Phi) is 14.0. The lowest BCUT2D eigenvalue weighted by Gasteiger charge is -2.36. The third-order valence-corrected chi connectivity index (χ3v) is 6.21. The summed E-state index contributed by atoms with van der Waals surface area (Å²) >= 11 is 0. The Morgan fingerprint density at radius 2 is 1.76 bits per heavy atom. The predicted molar refractivity (Wildman–Crippen MR) is 153 cm³/mol. The van der Waals surface area contributed by atoms with E-state index in [1.807, 2.05) is 0 Å². The quantitative estimate of drug-likeness (QED) is 0.146. The van der Waals surface area contributed by atoms with Crippen LogP contribution in [-0.4, -0.2) is 89.3 Å². The number of rotatable bonds is 13. The minimum atomic E-state index is -1.59. The van der Waals surface area contributed by atoms with Crippen molar-refractivity contribution in [2.24, 2.45) is 5.41 Å². The van der Waals surface area contributed by atoms with E-state index in [1.165, 1.54) is 17.1 Å². The molecule has 1 heterocycles. The molecule has 1 saturated heterocycles. The van der Waals surface area contributed by atoms with Gasteiger partial charge in [0.1, 0.15) is 17.7 Å². The normalized spacial score (nSPS) is 17.8. The molecule has 0 saturated carbocycles. The van der Waals surface area contributed by atoms with E-state index < -0.39 is 65.0 Å². The van der Waals surface area contributed by atoms with Crippen LogP contribution in [0.25, 0.3) is 0 Å². The molecule has 232 valence electrons. The molecule has 1 rings (SSSR count). The van der Waals surface area contributed by atoms with Gasteiger partial charge in [-0.1, -0.05) is 32.9 Å². The number of hydrogen-bond donors (Lipinski definition) is 4. The smallest absolute Gasteiger partial charge is 0.408 e. The van der Waals surface area contributed by atoms with Gasteiger partial charge in [0.15, 0.2) is 6.10 Å². The third-order valence-electron chi connectivity index (χ3n) is 6.21. The summed E-state index contributed by atoms with van der Waals surface area (Å²) in [7, 11) is 0. The number of hydrogen-bond acceptors (Lipinski definition) is 8. The number of likely N-dealkylation sites (tertiary alicyclic amines) is 1. The second kappa shape index (κ2) is 16.1. The van der Waals surface area contributed by atoms with Crippen molar-refractivity contribution < 1.29 is 38.6 Å². The van der Waals surface area contributed by atoms with Crippen molar-refractivity contribution in [1.29, 1.82) is 0 Å². The number of amides is 4. The van der Waals surface area contributed by atoms with E-state index in [2.05, 4.69) is 22.5 Å². The Hall–Kier alpha value is -3.41. The lowest BCUT2D eigenvalue weighted by Crippen LogP contribution is -2.59. The highest BCUT2D eigenvalue weighted by Crippen LogP contribution is 2.26. The van der Waals surface area contributed by atoms with Gasteiger partial charge >= 0.3 is 12.1 Å². The summed E-state index contributed by atoms with van der Waals surface area (Å²) in [5.74, 6) is -2.22. The Bertz CT molecular complexity index is 967. The van der Waals surface area contributed by atoms with Gasteiger partial charge in [0, 0.05) is 19.2 Å². The molecule has 0 bridgehead atoms. The van der Waals surface area contributed by atoms with Gasteiger partial charge in [0.2, 0.25) is 11.8 Å². The van der Waals surface area contributed by atoms with Crippen LogP contribution in [0.5, 0.6) is 0 Å². The Labute approximate surface area is 243 Å². The van der Waals surface area contributed by atoms with E-state index in [0.29, 0.717) is 25.8 Å². The van der Waals surface area contributed by atoms with Crippen LogP contribution in [0.15, 0.2) is 24.8 Å². The van der Waals surface area contributed by atoms with Crippen molar-refractivity contribution in [2.75, 3.05) is 19.7 Å². The maximum absolute atomic E-state index is 13.7. The first-order chi connectivity index (χ1) is 19.0. The number of ether oxygens (including phenoxy) is 2. The summed E-state index contributed by atoms with van der Waals surface area (Å²) in [4.78, 5) is 65.0. The van der Waals surface area contributed by atoms with Gasteiger partial charge in [-0.25, -0.2) is 9.59 Å². The minimum absolute atomic E-state index is 0.0272. The number of alkyl carbamates (subject to hydrolysis) is 1. The lowest BCUT2D eigenvalue weighted by molar-refractivity contribution is -0.143. The maximum Gasteiger partial charge on any atom is 0.408 e. The SMILES string of the molecule is C=CCCC(NC(=O)[C@@H]1CCCN1C(=O)[C@@H](NC(=O)OC(C)(C)C)C(C)(C)C)C(O)C(=O)NCC=CC(=O)OCC. The molecule has 1 fully saturated rings. The summed E-state index contributed by atoms with van der Waals surface area (Å²) in [6, 6.07) is -2.76. The van der Waals surface area contributed by atoms with Crippen LogP contribution >= 0.6 is 0 Å². The van der Waals surface area contributed by atoms with Crippen molar-refractivity contribution in [3.63, 3.8) is 0 Å². The molecule has 2 unspecified atom stereocenters. The molecule has 0 aliphatic carbocycles. The average Bonchev–Trinajstić information content (AvgIpc) is 3.35. The Morgan fingerprint density at radius 3 is 2.32 bits per heavy atom. The molecule has 0 aromatic heterocycles. The summed E-state index contributed by atoms with van der Waals surface area (Å²) in [5, 5.41) is 18.6. The third kappa shape index (κ3) is 12.3. The second-order valence-electron chi connectivity index (χ2n) is 12.0. The fourth-order valence-corrected chi connectivity index (χ4v) is 4.22. The van der Waals surface area contributed by atoms with E-state index in [-0.39, 0.29) is 19.6 Å². The molecule has 0 aromatic carbocycles. The largest absolute Gasteiger partial charge is 0.463 e. The predicted octanol–water partition coefficient (Wildman–Crippen LogP) is 1.96. The standard InChI is InChI=1S/C29H48N4O8/c1-9-11-14-19(22(35)25(37)30-17-12-16-21(34)40-10-2)31-24(36)20-15-13-18-33(20)26(38)23(28(3,4)5)32-27(39)41-29(6,7)8/h9,12,16,19-20,22-23,35H,1,10-11,13-15,17-18H2,2-8H3,(H,30,37)(H,31,36)(H,32,39)/t19?,20-,22?,23+/m0/s1. The number of aliphatic hydroxyl groups is 1. The number of aliphatic hydroxyl groups excluding tert-OH is 1. The fraction of sp³-hybridized carbons (Fsp3) is 0.690. The Morgan fingerprint density at radius 1 is 1.10 bits per heavy atom. The van der Waals surface area contributed by atoms with Crippen molar-refractivity contribution in [1.82, 2.24) is 20.9 Å². The molecule has 4 amide bonds. The van der Waals surface area contributed by atoms with Crippen LogP contribution in [0.4, 0.5) is 4.79 Å². The van der Waals surface area contributed by atoms with Crippen molar-refractivity contribution in [3.8, 4) is 0 Å². The highest BCUT2D eigenvalue weighted by Gasteiger charge is 2.43. The summed E-state index contributed by atoms with van der Waals surface area (Å²) < 4.78 is 10.1. The summed E-state index contributed by atoms with van der Waals surface area (Å²) in [6.07, 6.45) is 3.44. The minimum Gasteiger partial charge on any atom is -0.463 e. The molecule has 0 spiro atoms. The average molecular weight is 581 g/mol. The zero-order valence-electron chi connectivity index (χ0n) is 25.5. The number of carbonyl (C=O) groups excluding carboxylic acids is 5. The number of esters is 1. The van der Waals surface area contributed by atoms with E-state index in [0.717, 1.165) is 0 Å². The van der Waals surface area contributed by atoms with Gasteiger partial charge < -0.3 is 35.4 Å². The number of nitrogens with zero attached hydrogens (tertiary/aromatic N) is 1. The molecular formula is C29H48N4O8. The van der Waals surface area contributed by atoms with Crippen LogP contribution in [0.2, 0.25) is 0 Å². The molecule has 0 radical (unpaired) electrons. The van der Waals surface area contributed by atoms with E-state index in [9.17, 15) is 29.1 Å². The monoisotopic (exact) mass is 580 g/mol. The Balaban J connectivity index is 2.98. The first kappa shape index (κ1) is 35.6. The second-order valence-corrected chi connectivity index (χ2v) is 12.0. The molecule has 4 N–H and O–H groups in total. The van der Waals surface area contributed by atoms with Crippen LogP contribution < -0.4 is 16.0 Å². The summed E-state index contributed by atoms with van der Waals surface area (Å²) in [5.41, 5.74) is -1.43. The molecular weight excluding hydrogens is 532 g/mol. The van der Waals surface area contributed by atoms with Crippen LogP contribution in [0, 0.1) is 5.41 Å². The molecule has 1 aliphatic heterocycles. The number of allylic oxidation sites excluding steroid dienone is 1. The molecule has 12 heteroatoms. The topological polar surface area (TPSA) is 163 Å². The first-order valence-electron chi connectivity index (χ1n) is 14.0. The molecule has 12 nitrogen and oxygen atoms in total. The number of nitrogens with one attached hydrogen (secondary N) is 3. The van der Waals surface area contributed by atoms with Gasteiger partial charge in [-0.15, -0.1) is 6.58 Å². The van der Waals surface area contributed by atoms with Gasteiger partial charge in [0.25, 0.3) is 5.91 Å². The molecule has 1 aliphatic rings. The number of carbonyl (C=O) groups is 5.